The highest BCUT2D eigenvalue weighted by molar-refractivity contribution is 5.94. The van der Waals surface area contributed by atoms with E-state index in [4.69, 9.17) is 4.74 Å². The number of rotatable bonds is 7. The summed E-state index contributed by atoms with van der Waals surface area (Å²) in [4.78, 5) is 11.7. The summed E-state index contributed by atoms with van der Waals surface area (Å²) in [6.45, 7) is 1.94. The number of halogens is 4. The molecule has 1 heterocycles. The number of carbonyl (C=O) groups is 1. The predicted molar refractivity (Wildman–Crippen MR) is 133 cm³/mol. The Kier molecular flexibility index (Phi) is 7.52. The predicted octanol–water partition coefficient (Wildman–Crippen LogP) is 6.46. The number of benzene rings is 3. The summed E-state index contributed by atoms with van der Waals surface area (Å²) in [7, 11) is 2.73. The van der Waals surface area contributed by atoms with Crippen LogP contribution in [0, 0.1) is 12.7 Å². The Hall–Kier alpha value is -3.88. The van der Waals surface area contributed by atoms with Gasteiger partial charge in [-0.2, -0.15) is 18.3 Å². The largest absolute Gasteiger partial charge is 0.497 e. The van der Waals surface area contributed by atoms with Crippen LogP contribution in [-0.2, 0) is 16.0 Å². The lowest BCUT2D eigenvalue weighted by atomic mass is 9.95. The van der Waals surface area contributed by atoms with E-state index in [2.05, 4.69) is 9.84 Å². The lowest BCUT2D eigenvalue weighted by Crippen LogP contribution is -2.30. The third-order valence-electron chi connectivity index (χ3n) is 6.38. The molecular weight excluding hydrogens is 488 g/mol. The quantitative estimate of drug-likeness (QED) is 0.268. The average molecular weight is 515 g/mol. The fourth-order valence-corrected chi connectivity index (χ4v) is 4.34. The van der Waals surface area contributed by atoms with Crippen molar-refractivity contribution in [1.29, 1.82) is 0 Å². The van der Waals surface area contributed by atoms with Gasteiger partial charge in [0.25, 0.3) is 0 Å². The summed E-state index contributed by atoms with van der Waals surface area (Å²) in [5.41, 5.74) is 3.66. The molecule has 0 spiro atoms. The molecule has 1 unspecified atom stereocenters. The molecule has 37 heavy (non-hydrogen) atoms. The summed E-state index contributed by atoms with van der Waals surface area (Å²) < 4.78 is 64.1. The minimum atomic E-state index is -4.57. The number of nitrogens with zero attached hydrogens (tertiary/aromatic N) is 2. The highest BCUT2D eigenvalue weighted by Crippen LogP contribution is 2.33. The Morgan fingerprint density at radius 3 is 2.41 bits per heavy atom. The summed E-state index contributed by atoms with van der Waals surface area (Å²) in [6.07, 6.45) is -4.59. The number of methoxy groups -OCH3 is 2. The van der Waals surface area contributed by atoms with E-state index in [0.717, 1.165) is 22.3 Å². The molecular formula is C28H26F4N2O3. The Bertz CT molecular complexity index is 1320. The lowest BCUT2D eigenvalue weighted by molar-refractivity contribution is -0.141. The van der Waals surface area contributed by atoms with Crippen molar-refractivity contribution in [2.45, 2.75) is 38.4 Å². The van der Waals surface area contributed by atoms with Crippen LogP contribution in [0.3, 0.4) is 0 Å². The first-order valence-electron chi connectivity index (χ1n) is 11.6. The summed E-state index contributed by atoms with van der Waals surface area (Å²) in [6, 6.07) is 16.5. The zero-order valence-corrected chi connectivity index (χ0v) is 20.6. The second-order valence-electron chi connectivity index (χ2n) is 8.86. The van der Waals surface area contributed by atoms with Crippen molar-refractivity contribution >= 4 is 17.4 Å². The minimum Gasteiger partial charge on any atom is -0.497 e. The number of esters is 1. The van der Waals surface area contributed by atoms with Gasteiger partial charge in [0.05, 0.1) is 32.4 Å². The van der Waals surface area contributed by atoms with Crippen molar-refractivity contribution in [2.75, 3.05) is 19.2 Å². The van der Waals surface area contributed by atoms with E-state index in [1.54, 1.807) is 24.3 Å². The van der Waals surface area contributed by atoms with E-state index < -0.39 is 23.9 Å². The molecule has 9 heteroatoms. The molecule has 0 saturated heterocycles. The molecule has 0 fully saturated rings. The van der Waals surface area contributed by atoms with Gasteiger partial charge in [0.1, 0.15) is 17.3 Å². The smallest absolute Gasteiger partial charge is 0.431 e. The van der Waals surface area contributed by atoms with Gasteiger partial charge in [-0.1, -0.05) is 30.3 Å². The monoisotopic (exact) mass is 514 g/mol. The van der Waals surface area contributed by atoms with Crippen molar-refractivity contribution in [2.24, 2.45) is 5.10 Å². The maximum Gasteiger partial charge on any atom is 0.431 e. The SMILES string of the molecule is COC(=O)CC1CC(C(F)(F)F)=NN1c1ccc(Cc2ccc(-c3cc(OC)ccc3F)cc2C)cc1. The van der Waals surface area contributed by atoms with Crippen LogP contribution in [0.5, 0.6) is 5.75 Å². The van der Waals surface area contributed by atoms with Crippen molar-refractivity contribution in [3.63, 3.8) is 0 Å². The van der Waals surface area contributed by atoms with Gasteiger partial charge in [-0.05, 0) is 65.9 Å². The fraction of sp³-hybridized carbons (Fsp3) is 0.286. The number of aryl methyl sites for hydroxylation is 1. The first kappa shape index (κ1) is 26.2. The molecule has 1 aliphatic heterocycles. The van der Waals surface area contributed by atoms with E-state index in [0.29, 0.717) is 23.4 Å². The number of ether oxygens (including phenoxy) is 2. The van der Waals surface area contributed by atoms with Crippen LogP contribution in [0.15, 0.2) is 65.8 Å². The van der Waals surface area contributed by atoms with Gasteiger partial charge in [0.2, 0.25) is 0 Å². The standard InChI is InChI=1S/C28H26F4N2O3/c1-17-12-20(24-16-23(36-2)10-11-25(24)29)7-6-19(17)13-18-4-8-21(9-5-18)34-22(15-27(35)37-3)14-26(33-34)28(30,31)32/h4-12,16,22H,13-15H2,1-3H3. The normalized spacial score (nSPS) is 15.5. The van der Waals surface area contributed by atoms with Crippen LogP contribution < -0.4 is 9.75 Å². The molecule has 1 aliphatic rings. The highest BCUT2D eigenvalue weighted by atomic mass is 19.4. The maximum absolute atomic E-state index is 14.4. The third-order valence-corrected chi connectivity index (χ3v) is 6.38. The molecule has 4 rings (SSSR count). The van der Waals surface area contributed by atoms with Gasteiger partial charge in [0.15, 0.2) is 0 Å². The molecule has 0 bridgehead atoms. The summed E-state index contributed by atoms with van der Waals surface area (Å²) >= 11 is 0. The topological polar surface area (TPSA) is 51.1 Å². The summed E-state index contributed by atoms with van der Waals surface area (Å²) in [5, 5.41) is 5.00. The average Bonchev–Trinajstić information content (AvgIpc) is 3.30. The van der Waals surface area contributed by atoms with Gasteiger partial charge >= 0.3 is 12.1 Å². The van der Waals surface area contributed by atoms with Crippen molar-refractivity contribution in [3.8, 4) is 16.9 Å². The first-order valence-corrected chi connectivity index (χ1v) is 11.6. The molecule has 3 aromatic rings. The van der Waals surface area contributed by atoms with E-state index >= 15 is 0 Å². The van der Waals surface area contributed by atoms with Crippen molar-refractivity contribution < 1.29 is 31.8 Å². The molecule has 0 saturated carbocycles. The number of anilines is 1. The van der Waals surface area contributed by atoms with Crippen LogP contribution in [0.2, 0.25) is 0 Å². The fourth-order valence-electron chi connectivity index (χ4n) is 4.34. The molecule has 0 amide bonds. The van der Waals surface area contributed by atoms with Crippen LogP contribution in [-0.4, -0.2) is 38.1 Å². The Morgan fingerprint density at radius 1 is 1.05 bits per heavy atom. The van der Waals surface area contributed by atoms with E-state index in [9.17, 15) is 22.4 Å². The van der Waals surface area contributed by atoms with Crippen LogP contribution in [0.25, 0.3) is 11.1 Å². The molecule has 0 aromatic heterocycles. The number of hydrazone groups is 1. The molecule has 0 aliphatic carbocycles. The Labute approximate surface area is 212 Å². The Morgan fingerprint density at radius 2 is 1.78 bits per heavy atom. The molecule has 0 N–H and O–H groups in total. The molecule has 0 radical (unpaired) electrons. The minimum absolute atomic E-state index is 0.208. The van der Waals surface area contributed by atoms with Gasteiger partial charge in [-0.15, -0.1) is 0 Å². The highest BCUT2D eigenvalue weighted by Gasteiger charge is 2.43. The van der Waals surface area contributed by atoms with Gasteiger partial charge in [-0.25, -0.2) is 4.39 Å². The molecule has 1 atom stereocenters. The zero-order valence-electron chi connectivity index (χ0n) is 20.6. The third kappa shape index (κ3) is 5.93. The van der Waals surface area contributed by atoms with Gasteiger partial charge < -0.3 is 9.47 Å². The summed E-state index contributed by atoms with van der Waals surface area (Å²) in [5.74, 6) is -0.373. The maximum atomic E-state index is 14.4. The van der Waals surface area contributed by atoms with E-state index in [-0.39, 0.29) is 18.7 Å². The van der Waals surface area contributed by atoms with Crippen LogP contribution in [0.1, 0.15) is 29.5 Å². The van der Waals surface area contributed by atoms with E-state index in [1.165, 1.54) is 25.3 Å². The Balaban J connectivity index is 1.53. The first-order chi connectivity index (χ1) is 17.6. The lowest BCUT2D eigenvalue weighted by Gasteiger charge is -2.23. The number of hydrogen-bond donors (Lipinski definition) is 0. The van der Waals surface area contributed by atoms with Crippen molar-refractivity contribution in [3.05, 3.63) is 83.2 Å². The molecule has 5 nitrogen and oxygen atoms in total. The van der Waals surface area contributed by atoms with Crippen LogP contribution in [0.4, 0.5) is 23.2 Å². The second kappa shape index (κ2) is 10.6. The number of alkyl halides is 3. The van der Waals surface area contributed by atoms with E-state index in [1.807, 2.05) is 37.3 Å². The van der Waals surface area contributed by atoms with Crippen molar-refractivity contribution in [1.82, 2.24) is 0 Å². The molecule has 194 valence electrons. The number of carbonyl (C=O) groups excluding carboxylic acids is 1. The van der Waals surface area contributed by atoms with Crippen LogP contribution >= 0.6 is 0 Å². The zero-order chi connectivity index (χ0) is 26.7. The second-order valence-corrected chi connectivity index (χ2v) is 8.86. The molecule has 3 aromatic carbocycles. The van der Waals surface area contributed by atoms with Gasteiger partial charge in [-0.3, -0.25) is 9.80 Å². The number of hydrogen-bond acceptors (Lipinski definition) is 5. The van der Waals surface area contributed by atoms with Gasteiger partial charge in [0, 0.05) is 12.0 Å².